The fourth-order valence-electron chi connectivity index (χ4n) is 4.15. The molecule has 1 heterocycles. The predicted molar refractivity (Wildman–Crippen MR) is 86.5 cm³/mol. The Labute approximate surface area is 132 Å². The van der Waals surface area contributed by atoms with Crippen LogP contribution in [-0.2, 0) is 10.2 Å². The summed E-state index contributed by atoms with van der Waals surface area (Å²) in [6.45, 7) is 6.12. The highest BCUT2D eigenvalue weighted by Gasteiger charge is 2.52. The zero-order chi connectivity index (χ0) is 15.7. The minimum absolute atomic E-state index is 0.0494. The maximum atomic E-state index is 13.0. The van der Waals surface area contributed by atoms with E-state index in [1.807, 2.05) is 24.3 Å². The molecule has 1 aliphatic carbocycles. The van der Waals surface area contributed by atoms with E-state index in [4.69, 9.17) is 9.47 Å². The third kappa shape index (κ3) is 2.06. The van der Waals surface area contributed by atoms with Crippen LogP contribution in [0.5, 0.6) is 11.5 Å². The number of carbonyl (C=O) groups is 1. The molecule has 0 radical (unpaired) electrons. The van der Waals surface area contributed by atoms with Crippen molar-refractivity contribution in [2.24, 2.45) is 5.92 Å². The predicted octanol–water partition coefficient (Wildman–Crippen LogP) is 4.05. The van der Waals surface area contributed by atoms with Crippen LogP contribution in [0.25, 0.3) is 0 Å². The lowest BCUT2D eigenvalue weighted by Gasteiger charge is -2.47. The van der Waals surface area contributed by atoms with Crippen molar-refractivity contribution in [2.45, 2.75) is 50.5 Å². The number of rotatable bonds is 3. The summed E-state index contributed by atoms with van der Waals surface area (Å²) >= 11 is 0. The Morgan fingerprint density at radius 1 is 1.50 bits per heavy atom. The van der Waals surface area contributed by atoms with Gasteiger partial charge in [0.1, 0.15) is 5.78 Å². The molecule has 1 spiro atoms. The normalized spacial score (nSPS) is 30.5. The molecule has 3 rings (SSSR count). The molecule has 1 aromatic rings. The van der Waals surface area contributed by atoms with Crippen molar-refractivity contribution in [3.05, 3.63) is 36.4 Å². The van der Waals surface area contributed by atoms with Crippen LogP contribution in [0.4, 0.5) is 0 Å². The van der Waals surface area contributed by atoms with Crippen LogP contribution < -0.4 is 9.47 Å². The van der Waals surface area contributed by atoms with Crippen molar-refractivity contribution in [1.29, 1.82) is 0 Å². The second-order valence-corrected chi connectivity index (χ2v) is 6.32. The molecule has 3 atom stereocenters. The number of methoxy groups -OCH3 is 1. The number of hydrogen-bond donors (Lipinski definition) is 0. The number of para-hydroxylation sites is 1. The smallest absolute Gasteiger partial charge is 0.165 e. The lowest BCUT2D eigenvalue weighted by Crippen LogP contribution is -2.50. The van der Waals surface area contributed by atoms with E-state index in [0.29, 0.717) is 12.2 Å². The molecule has 3 nitrogen and oxygen atoms in total. The summed E-state index contributed by atoms with van der Waals surface area (Å²) in [7, 11) is 1.65. The van der Waals surface area contributed by atoms with Gasteiger partial charge in [0.2, 0.25) is 0 Å². The second kappa shape index (κ2) is 5.79. The Hall–Kier alpha value is -1.77. The van der Waals surface area contributed by atoms with Crippen LogP contribution in [0.15, 0.2) is 30.9 Å². The Kier molecular flexibility index (Phi) is 3.98. The first-order valence-corrected chi connectivity index (χ1v) is 8.17. The van der Waals surface area contributed by atoms with Gasteiger partial charge in [-0.1, -0.05) is 25.1 Å². The lowest BCUT2D eigenvalue weighted by molar-refractivity contribution is -0.130. The van der Waals surface area contributed by atoms with E-state index in [2.05, 4.69) is 13.5 Å². The molecule has 1 aliphatic heterocycles. The second-order valence-electron chi connectivity index (χ2n) is 6.32. The molecule has 1 saturated carbocycles. The van der Waals surface area contributed by atoms with Crippen molar-refractivity contribution in [2.75, 3.05) is 7.11 Å². The van der Waals surface area contributed by atoms with Crippen LogP contribution in [0.3, 0.4) is 0 Å². The van der Waals surface area contributed by atoms with Gasteiger partial charge < -0.3 is 9.47 Å². The summed E-state index contributed by atoms with van der Waals surface area (Å²) in [6.07, 6.45) is 6.27. The largest absolute Gasteiger partial charge is 0.493 e. The lowest BCUT2D eigenvalue weighted by atomic mass is 9.58. The van der Waals surface area contributed by atoms with E-state index in [9.17, 15) is 4.79 Å². The average molecular weight is 300 g/mol. The highest BCUT2D eigenvalue weighted by molar-refractivity contribution is 5.93. The standard InChI is InChI=1S/C19H24O3/c1-4-13-8-6-11-17(20)19(13)12-14(5-2)22-18-15(19)9-7-10-16(18)21-3/h4,7,9-10,13-14H,1,5-6,8,11-12H2,2-3H3/t13-,14+,19+/m1/s1. The van der Waals surface area contributed by atoms with Gasteiger partial charge in [0.15, 0.2) is 11.5 Å². The maximum absolute atomic E-state index is 13.0. The first-order chi connectivity index (χ1) is 10.7. The molecule has 22 heavy (non-hydrogen) atoms. The van der Waals surface area contributed by atoms with Gasteiger partial charge in [0.05, 0.1) is 18.6 Å². The molecule has 118 valence electrons. The fourth-order valence-corrected chi connectivity index (χ4v) is 4.15. The monoisotopic (exact) mass is 300 g/mol. The zero-order valence-corrected chi connectivity index (χ0v) is 13.4. The van der Waals surface area contributed by atoms with E-state index < -0.39 is 5.41 Å². The third-order valence-electron chi connectivity index (χ3n) is 5.30. The molecule has 0 saturated heterocycles. The summed E-state index contributed by atoms with van der Waals surface area (Å²) in [6, 6.07) is 5.89. The molecule has 1 aromatic carbocycles. The zero-order valence-electron chi connectivity index (χ0n) is 13.4. The number of ketones is 1. The van der Waals surface area contributed by atoms with Crippen LogP contribution in [0, 0.1) is 5.92 Å². The third-order valence-corrected chi connectivity index (χ3v) is 5.30. The van der Waals surface area contributed by atoms with Crippen LogP contribution in [0.2, 0.25) is 0 Å². The Morgan fingerprint density at radius 2 is 2.32 bits per heavy atom. The van der Waals surface area contributed by atoms with Gasteiger partial charge in [-0.15, -0.1) is 6.58 Å². The minimum atomic E-state index is -0.483. The quantitative estimate of drug-likeness (QED) is 0.790. The number of Topliss-reactive ketones (excluding diaryl/α,β-unsaturated/α-hetero) is 1. The number of allylic oxidation sites excluding steroid dienone is 1. The molecular weight excluding hydrogens is 276 g/mol. The van der Waals surface area contributed by atoms with Crippen molar-refractivity contribution in [1.82, 2.24) is 0 Å². The van der Waals surface area contributed by atoms with Gasteiger partial charge in [-0.05, 0) is 31.2 Å². The number of carbonyl (C=O) groups excluding carboxylic acids is 1. The SMILES string of the molecule is C=C[C@@H]1CCCC(=O)[C@@]12C[C@H](CC)Oc1c(OC)cccc12. The number of hydrogen-bond acceptors (Lipinski definition) is 3. The molecule has 1 fully saturated rings. The van der Waals surface area contributed by atoms with Gasteiger partial charge in [-0.3, -0.25) is 4.79 Å². The van der Waals surface area contributed by atoms with Gasteiger partial charge in [0.25, 0.3) is 0 Å². The van der Waals surface area contributed by atoms with E-state index in [-0.39, 0.29) is 12.0 Å². The van der Waals surface area contributed by atoms with Gasteiger partial charge in [0, 0.05) is 18.4 Å². The van der Waals surface area contributed by atoms with Gasteiger partial charge in [-0.25, -0.2) is 0 Å². The molecule has 3 heteroatoms. The molecule has 0 aromatic heterocycles. The van der Waals surface area contributed by atoms with Crippen molar-refractivity contribution in [3.63, 3.8) is 0 Å². The highest BCUT2D eigenvalue weighted by atomic mass is 16.5. The highest BCUT2D eigenvalue weighted by Crippen LogP contribution is 2.54. The van der Waals surface area contributed by atoms with E-state index >= 15 is 0 Å². The minimum Gasteiger partial charge on any atom is -0.493 e. The van der Waals surface area contributed by atoms with Crippen LogP contribution in [0.1, 0.15) is 44.6 Å². The molecule has 0 N–H and O–H groups in total. The Bertz CT molecular complexity index is 592. The maximum Gasteiger partial charge on any atom is 0.165 e. The van der Waals surface area contributed by atoms with Crippen LogP contribution in [-0.4, -0.2) is 19.0 Å². The van der Waals surface area contributed by atoms with Crippen LogP contribution >= 0.6 is 0 Å². The van der Waals surface area contributed by atoms with Crippen molar-refractivity contribution in [3.8, 4) is 11.5 Å². The topological polar surface area (TPSA) is 35.5 Å². The number of benzene rings is 1. The molecule has 2 aliphatic rings. The molecule has 0 unspecified atom stereocenters. The summed E-state index contributed by atoms with van der Waals surface area (Å²) < 4.78 is 11.6. The van der Waals surface area contributed by atoms with Crippen molar-refractivity contribution < 1.29 is 14.3 Å². The molecule has 0 bridgehead atoms. The van der Waals surface area contributed by atoms with Gasteiger partial charge >= 0.3 is 0 Å². The number of fused-ring (bicyclic) bond motifs is 2. The summed E-state index contributed by atoms with van der Waals surface area (Å²) in [4.78, 5) is 13.0. The fraction of sp³-hybridized carbons (Fsp3) is 0.526. The number of ether oxygens (including phenoxy) is 2. The van der Waals surface area contributed by atoms with Crippen molar-refractivity contribution >= 4 is 5.78 Å². The molecular formula is C19H24O3. The Balaban J connectivity index is 2.23. The first kappa shape index (κ1) is 15.1. The van der Waals surface area contributed by atoms with E-state index in [0.717, 1.165) is 42.7 Å². The average Bonchev–Trinajstić information content (AvgIpc) is 2.56. The summed E-state index contributed by atoms with van der Waals surface area (Å²) in [5, 5.41) is 0. The van der Waals surface area contributed by atoms with Gasteiger partial charge in [-0.2, -0.15) is 0 Å². The summed E-state index contributed by atoms with van der Waals surface area (Å²) in [5.41, 5.74) is 0.508. The Morgan fingerprint density at radius 3 is 3.00 bits per heavy atom. The first-order valence-electron chi connectivity index (χ1n) is 8.17. The summed E-state index contributed by atoms with van der Waals surface area (Å²) in [5.74, 6) is 1.99. The van der Waals surface area contributed by atoms with E-state index in [1.54, 1.807) is 7.11 Å². The van der Waals surface area contributed by atoms with E-state index in [1.165, 1.54) is 0 Å². The molecule has 0 amide bonds.